The fraction of sp³-hybridized carbons (Fsp3) is 0.0769. The number of rotatable bonds is 6. The van der Waals surface area contributed by atoms with E-state index in [2.05, 4.69) is 178 Å². The minimum atomic E-state index is 0.813. The number of hydrogen-bond acceptors (Lipinski definition) is 3. The summed E-state index contributed by atoms with van der Waals surface area (Å²) in [6.07, 6.45) is 0. The van der Waals surface area contributed by atoms with Crippen LogP contribution in [0.1, 0.15) is 0 Å². The molecule has 1 aliphatic heterocycles. The van der Waals surface area contributed by atoms with E-state index < -0.39 is 0 Å². The maximum atomic E-state index is 2.45. The van der Waals surface area contributed by atoms with Crippen molar-refractivity contribution < 1.29 is 0 Å². The Bertz CT molecular complexity index is 1500. The van der Waals surface area contributed by atoms with Gasteiger partial charge in [0.2, 0.25) is 0 Å². The molecule has 0 radical (unpaired) electrons. The van der Waals surface area contributed by atoms with Crippen molar-refractivity contribution in [2.24, 2.45) is 0 Å². The highest BCUT2D eigenvalue weighted by Gasteiger charge is 2.24. The molecule has 1 heterocycles. The Morgan fingerprint density at radius 1 is 0.238 bits per heavy atom. The van der Waals surface area contributed by atoms with Crippen LogP contribution in [0.2, 0.25) is 0 Å². The van der Waals surface area contributed by atoms with Crippen LogP contribution in [0.3, 0.4) is 0 Å². The van der Waals surface area contributed by atoms with Gasteiger partial charge in [-0.3, -0.25) is 0 Å². The standard InChI is InChI=1S/C39H33N3/c1-4-10-31(11-5-1)34-16-22-37(23-17-34)40-28-41(38-24-18-35(19-25-38)32-12-6-2-7-13-32)30-42(29-40)39-26-20-36(21-27-39)33-14-8-3-9-15-33/h1-27H,28-30H2. The fourth-order valence-corrected chi connectivity index (χ4v) is 5.73. The topological polar surface area (TPSA) is 9.72 Å². The van der Waals surface area contributed by atoms with Gasteiger partial charge in [0.1, 0.15) is 0 Å². The van der Waals surface area contributed by atoms with Crippen LogP contribution < -0.4 is 14.7 Å². The van der Waals surface area contributed by atoms with Crippen LogP contribution in [0.5, 0.6) is 0 Å². The third-order valence-corrected chi connectivity index (χ3v) is 8.04. The smallest absolute Gasteiger partial charge is 0.0937 e. The largest absolute Gasteiger partial charge is 0.336 e. The molecule has 204 valence electrons. The van der Waals surface area contributed by atoms with Crippen molar-refractivity contribution in [3.8, 4) is 33.4 Å². The van der Waals surface area contributed by atoms with Crippen LogP contribution in [0.25, 0.3) is 33.4 Å². The van der Waals surface area contributed by atoms with E-state index in [1.54, 1.807) is 0 Å². The van der Waals surface area contributed by atoms with Gasteiger partial charge in [0.05, 0.1) is 20.0 Å². The van der Waals surface area contributed by atoms with Crippen LogP contribution in [0, 0.1) is 0 Å². The molecule has 0 saturated carbocycles. The van der Waals surface area contributed by atoms with Crippen LogP contribution in [0.4, 0.5) is 17.1 Å². The number of benzene rings is 6. The second kappa shape index (κ2) is 11.7. The normalized spacial score (nSPS) is 13.3. The lowest BCUT2D eigenvalue weighted by Crippen LogP contribution is -2.55. The molecule has 0 atom stereocenters. The summed E-state index contributed by atoms with van der Waals surface area (Å²) < 4.78 is 0. The van der Waals surface area contributed by atoms with Crippen molar-refractivity contribution in [2.45, 2.75) is 0 Å². The zero-order chi connectivity index (χ0) is 28.1. The monoisotopic (exact) mass is 543 g/mol. The van der Waals surface area contributed by atoms with Crippen LogP contribution in [-0.4, -0.2) is 20.0 Å². The summed E-state index contributed by atoms with van der Waals surface area (Å²) in [5.74, 6) is 0. The highest BCUT2D eigenvalue weighted by molar-refractivity contribution is 5.70. The summed E-state index contributed by atoms with van der Waals surface area (Å²) in [6, 6.07) is 58.6. The molecule has 1 saturated heterocycles. The number of nitrogens with zero attached hydrogens (tertiary/aromatic N) is 3. The second-order valence-electron chi connectivity index (χ2n) is 10.8. The predicted molar refractivity (Wildman–Crippen MR) is 178 cm³/mol. The molecule has 3 nitrogen and oxygen atoms in total. The van der Waals surface area contributed by atoms with Gasteiger partial charge in [0.25, 0.3) is 0 Å². The van der Waals surface area contributed by atoms with Crippen LogP contribution in [-0.2, 0) is 0 Å². The van der Waals surface area contributed by atoms with Gasteiger partial charge in [-0.25, -0.2) is 0 Å². The Morgan fingerprint density at radius 3 is 0.690 bits per heavy atom. The van der Waals surface area contributed by atoms with E-state index in [9.17, 15) is 0 Å². The van der Waals surface area contributed by atoms with Gasteiger partial charge in [-0.05, 0) is 69.8 Å². The van der Waals surface area contributed by atoms with Crippen molar-refractivity contribution in [2.75, 3.05) is 34.7 Å². The lowest BCUT2D eigenvalue weighted by molar-refractivity contribution is 0.611. The first-order valence-corrected chi connectivity index (χ1v) is 14.5. The quantitative estimate of drug-likeness (QED) is 0.207. The molecule has 0 bridgehead atoms. The Balaban J connectivity index is 1.18. The molecule has 1 fully saturated rings. The summed E-state index contributed by atoms with van der Waals surface area (Å²) in [7, 11) is 0. The minimum absolute atomic E-state index is 0.813. The van der Waals surface area contributed by atoms with E-state index in [4.69, 9.17) is 0 Å². The fourth-order valence-electron chi connectivity index (χ4n) is 5.73. The first kappa shape index (κ1) is 25.7. The predicted octanol–water partition coefficient (Wildman–Crippen LogP) is 9.39. The van der Waals surface area contributed by atoms with E-state index in [0.717, 1.165) is 20.0 Å². The Labute approximate surface area is 248 Å². The molecule has 1 aliphatic rings. The summed E-state index contributed by atoms with van der Waals surface area (Å²) in [6.45, 7) is 2.44. The lowest BCUT2D eigenvalue weighted by Gasteiger charge is -2.45. The van der Waals surface area contributed by atoms with Gasteiger partial charge < -0.3 is 14.7 Å². The highest BCUT2D eigenvalue weighted by atomic mass is 15.5. The van der Waals surface area contributed by atoms with Gasteiger partial charge >= 0.3 is 0 Å². The Kier molecular flexibility index (Phi) is 7.14. The van der Waals surface area contributed by atoms with Crippen molar-refractivity contribution >= 4 is 17.1 Å². The molecule has 0 amide bonds. The van der Waals surface area contributed by atoms with E-state index in [-0.39, 0.29) is 0 Å². The van der Waals surface area contributed by atoms with Gasteiger partial charge in [-0.15, -0.1) is 0 Å². The van der Waals surface area contributed by atoms with Gasteiger partial charge in [-0.1, -0.05) is 127 Å². The molecule has 3 heteroatoms. The molecule has 6 aromatic carbocycles. The molecule has 7 rings (SSSR count). The third kappa shape index (κ3) is 5.50. The van der Waals surface area contributed by atoms with E-state index in [1.807, 2.05) is 0 Å². The van der Waals surface area contributed by atoms with Crippen LogP contribution in [0.15, 0.2) is 164 Å². The zero-order valence-corrected chi connectivity index (χ0v) is 23.6. The van der Waals surface area contributed by atoms with Crippen molar-refractivity contribution in [1.29, 1.82) is 0 Å². The molecule has 6 aromatic rings. The lowest BCUT2D eigenvalue weighted by atomic mass is 10.0. The molecule has 0 aliphatic carbocycles. The summed E-state index contributed by atoms with van der Waals surface area (Å²) >= 11 is 0. The van der Waals surface area contributed by atoms with E-state index in [0.29, 0.717) is 0 Å². The maximum Gasteiger partial charge on any atom is 0.0937 e. The first-order valence-electron chi connectivity index (χ1n) is 14.5. The second-order valence-corrected chi connectivity index (χ2v) is 10.8. The van der Waals surface area contributed by atoms with Crippen molar-refractivity contribution in [1.82, 2.24) is 0 Å². The van der Waals surface area contributed by atoms with Crippen molar-refractivity contribution in [3.63, 3.8) is 0 Å². The molecule has 0 unspecified atom stereocenters. The average molecular weight is 544 g/mol. The Hall–Kier alpha value is -5.28. The van der Waals surface area contributed by atoms with E-state index >= 15 is 0 Å². The third-order valence-electron chi connectivity index (χ3n) is 8.04. The molecule has 0 aromatic heterocycles. The molecule has 0 spiro atoms. The maximum absolute atomic E-state index is 2.45. The minimum Gasteiger partial charge on any atom is -0.336 e. The van der Waals surface area contributed by atoms with Gasteiger partial charge in [-0.2, -0.15) is 0 Å². The summed E-state index contributed by atoms with van der Waals surface area (Å²) in [5.41, 5.74) is 11.1. The molecular weight excluding hydrogens is 510 g/mol. The zero-order valence-electron chi connectivity index (χ0n) is 23.6. The first-order chi connectivity index (χ1) is 20.8. The van der Waals surface area contributed by atoms with Crippen molar-refractivity contribution in [3.05, 3.63) is 164 Å². The average Bonchev–Trinajstić information content (AvgIpc) is 3.09. The molecule has 42 heavy (non-hydrogen) atoms. The van der Waals surface area contributed by atoms with Gasteiger partial charge in [0.15, 0.2) is 0 Å². The Morgan fingerprint density at radius 2 is 0.452 bits per heavy atom. The summed E-state index contributed by atoms with van der Waals surface area (Å²) in [5, 5.41) is 0. The SMILES string of the molecule is c1ccc(-c2ccc(N3CN(c4ccc(-c5ccccc5)cc4)CN(c4ccc(-c5ccccc5)cc4)C3)cc2)cc1. The van der Waals surface area contributed by atoms with E-state index in [1.165, 1.54) is 50.4 Å². The van der Waals surface area contributed by atoms with Crippen LogP contribution >= 0.6 is 0 Å². The highest BCUT2D eigenvalue weighted by Crippen LogP contribution is 2.31. The van der Waals surface area contributed by atoms with Gasteiger partial charge in [0, 0.05) is 17.1 Å². The number of hydrogen-bond donors (Lipinski definition) is 0. The summed E-state index contributed by atoms with van der Waals surface area (Å²) in [4.78, 5) is 7.36. The number of anilines is 3. The molecular formula is C39H33N3. The molecule has 0 N–H and O–H groups in total.